The molecule has 1 aromatic heterocycles. The van der Waals surface area contributed by atoms with Gasteiger partial charge >= 0.3 is 0 Å². The average molecular weight is 255 g/mol. The minimum Gasteiger partial charge on any atom is -0.361 e. The van der Waals surface area contributed by atoms with Gasteiger partial charge in [-0.1, -0.05) is 18.0 Å². The number of rotatable bonds is 4. The zero-order chi connectivity index (χ0) is 11.9. The second-order valence-electron chi connectivity index (χ2n) is 5.20. The van der Waals surface area contributed by atoms with Crippen LogP contribution in [0.5, 0.6) is 0 Å². The van der Waals surface area contributed by atoms with E-state index in [4.69, 9.17) is 4.52 Å². The number of aromatic nitrogens is 1. The van der Waals surface area contributed by atoms with E-state index >= 15 is 0 Å². The van der Waals surface area contributed by atoms with E-state index in [1.807, 2.05) is 0 Å². The summed E-state index contributed by atoms with van der Waals surface area (Å²) in [5.41, 5.74) is 0.791. The summed E-state index contributed by atoms with van der Waals surface area (Å²) in [6.07, 6.45) is 7.53. The van der Waals surface area contributed by atoms with Crippen molar-refractivity contribution in [2.75, 3.05) is 0 Å². The molecule has 2 saturated carbocycles. The van der Waals surface area contributed by atoms with Crippen molar-refractivity contribution in [3.8, 4) is 0 Å². The van der Waals surface area contributed by atoms with E-state index in [-0.39, 0.29) is 11.0 Å². The first-order chi connectivity index (χ1) is 8.17. The van der Waals surface area contributed by atoms with E-state index in [0.29, 0.717) is 5.92 Å². The Bertz CT molecular complexity index is 496. The number of hydrogen-bond donors (Lipinski definition) is 0. The van der Waals surface area contributed by atoms with Crippen molar-refractivity contribution in [2.24, 2.45) is 0 Å². The third-order valence-electron chi connectivity index (χ3n) is 3.79. The predicted molar refractivity (Wildman–Crippen MR) is 63.4 cm³/mol. The molecule has 0 saturated heterocycles. The number of sulfone groups is 1. The SMILES string of the molecule is O=S(=O)(Cc1cnoc1C1CC1)C1CCCC1. The Hall–Kier alpha value is -0.840. The molecule has 0 aliphatic heterocycles. The van der Waals surface area contributed by atoms with E-state index in [2.05, 4.69) is 5.16 Å². The zero-order valence-electron chi connectivity index (χ0n) is 9.76. The van der Waals surface area contributed by atoms with Gasteiger partial charge in [0.1, 0.15) is 5.76 Å². The Kier molecular flexibility index (Phi) is 2.73. The largest absolute Gasteiger partial charge is 0.361 e. The van der Waals surface area contributed by atoms with Gasteiger partial charge in [0.15, 0.2) is 9.84 Å². The fourth-order valence-electron chi connectivity index (χ4n) is 2.64. The van der Waals surface area contributed by atoms with Crippen molar-refractivity contribution >= 4 is 9.84 Å². The van der Waals surface area contributed by atoms with Gasteiger partial charge in [0.05, 0.1) is 17.2 Å². The monoisotopic (exact) mass is 255 g/mol. The molecule has 0 bridgehead atoms. The van der Waals surface area contributed by atoms with Gasteiger partial charge in [0.2, 0.25) is 0 Å². The number of hydrogen-bond acceptors (Lipinski definition) is 4. The van der Waals surface area contributed by atoms with Gasteiger partial charge in [-0.15, -0.1) is 0 Å². The fraction of sp³-hybridized carbons (Fsp3) is 0.750. The Morgan fingerprint density at radius 1 is 1.24 bits per heavy atom. The van der Waals surface area contributed by atoms with Crippen LogP contribution in [0.15, 0.2) is 10.7 Å². The minimum atomic E-state index is -3.01. The van der Waals surface area contributed by atoms with E-state index in [9.17, 15) is 8.42 Å². The summed E-state index contributed by atoms with van der Waals surface area (Å²) in [5, 5.41) is 3.62. The molecule has 0 amide bonds. The molecule has 1 heterocycles. The molecular weight excluding hydrogens is 238 g/mol. The molecule has 0 N–H and O–H groups in total. The predicted octanol–water partition coefficient (Wildman–Crippen LogP) is 2.41. The maximum absolute atomic E-state index is 12.2. The fourth-order valence-corrected chi connectivity index (χ4v) is 4.58. The standard InChI is InChI=1S/C12H17NO3S/c14-17(15,11-3-1-2-4-11)8-10-7-13-16-12(10)9-5-6-9/h7,9,11H,1-6,8H2. The second-order valence-corrected chi connectivity index (χ2v) is 7.48. The van der Waals surface area contributed by atoms with Crippen molar-refractivity contribution in [1.29, 1.82) is 0 Å². The summed E-state index contributed by atoms with van der Waals surface area (Å²) in [7, 11) is -3.01. The van der Waals surface area contributed by atoms with E-state index in [0.717, 1.165) is 49.8 Å². The van der Waals surface area contributed by atoms with Gasteiger partial charge in [0, 0.05) is 11.5 Å². The van der Waals surface area contributed by atoms with Gasteiger partial charge < -0.3 is 4.52 Å². The second kappa shape index (κ2) is 4.12. The first-order valence-corrected chi connectivity index (χ1v) is 8.03. The zero-order valence-corrected chi connectivity index (χ0v) is 10.6. The summed E-state index contributed by atoms with van der Waals surface area (Å²) in [4.78, 5) is 0. The van der Waals surface area contributed by atoms with Crippen LogP contribution in [0.25, 0.3) is 0 Å². The molecule has 2 aliphatic carbocycles. The maximum atomic E-state index is 12.2. The highest BCUT2D eigenvalue weighted by atomic mass is 32.2. The summed E-state index contributed by atoms with van der Waals surface area (Å²) in [5.74, 6) is 1.35. The maximum Gasteiger partial charge on any atom is 0.157 e. The molecule has 2 fully saturated rings. The Morgan fingerprint density at radius 3 is 2.59 bits per heavy atom. The lowest BCUT2D eigenvalue weighted by Gasteiger charge is -2.10. The van der Waals surface area contributed by atoms with Crippen LogP contribution in [0.4, 0.5) is 0 Å². The van der Waals surface area contributed by atoms with Crippen LogP contribution in [-0.2, 0) is 15.6 Å². The van der Waals surface area contributed by atoms with E-state index < -0.39 is 9.84 Å². The van der Waals surface area contributed by atoms with Crippen molar-refractivity contribution in [1.82, 2.24) is 5.16 Å². The molecule has 2 aliphatic rings. The summed E-state index contributed by atoms with van der Waals surface area (Å²) >= 11 is 0. The van der Waals surface area contributed by atoms with Crippen LogP contribution in [0.2, 0.25) is 0 Å². The smallest absolute Gasteiger partial charge is 0.157 e. The summed E-state index contributed by atoms with van der Waals surface area (Å²) in [6, 6.07) is 0. The van der Waals surface area contributed by atoms with E-state index in [1.54, 1.807) is 6.20 Å². The first-order valence-electron chi connectivity index (χ1n) is 6.32. The van der Waals surface area contributed by atoms with Crippen LogP contribution < -0.4 is 0 Å². The van der Waals surface area contributed by atoms with Gasteiger partial charge in [-0.2, -0.15) is 0 Å². The molecule has 0 unspecified atom stereocenters. The van der Waals surface area contributed by atoms with Crippen LogP contribution in [0.1, 0.15) is 55.8 Å². The summed E-state index contributed by atoms with van der Waals surface area (Å²) < 4.78 is 29.6. The molecule has 0 aromatic carbocycles. The van der Waals surface area contributed by atoms with Crippen molar-refractivity contribution in [3.63, 3.8) is 0 Å². The topological polar surface area (TPSA) is 60.2 Å². The van der Waals surface area contributed by atoms with Gasteiger partial charge in [-0.05, 0) is 25.7 Å². The molecule has 94 valence electrons. The minimum absolute atomic E-state index is 0.118. The molecule has 5 heteroatoms. The van der Waals surface area contributed by atoms with Crippen molar-refractivity contribution in [2.45, 2.75) is 55.4 Å². The third kappa shape index (κ3) is 2.25. The normalized spacial score (nSPS) is 22.1. The Labute approximate surface area is 101 Å². The highest BCUT2D eigenvalue weighted by Gasteiger charge is 2.34. The lowest BCUT2D eigenvalue weighted by Crippen LogP contribution is -2.19. The molecule has 4 nitrogen and oxygen atoms in total. The molecule has 0 atom stereocenters. The van der Waals surface area contributed by atoms with Gasteiger partial charge in [-0.3, -0.25) is 0 Å². The average Bonchev–Trinajstić information content (AvgIpc) is 2.82. The van der Waals surface area contributed by atoms with Crippen LogP contribution >= 0.6 is 0 Å². The summed E-state index contributed by atoms with van der Waals surface area (Å²) in [6.45, 7) is 0. The molecule has 17 heavy (non-hydrogen) atoms. The third-order valence-corrected chi connectivity index (χ3v) is 5.99. The lowest BCUT2D eigenvalue weighted by molar-refractivity contribution is 0.383. The van der Waals surface area contributed by atoms with Gasteiger partial charge in [-0.25, -0.2) is 8.42 Å². The molecule has 3 rings (SSSR count). The van der Waals surface area contributed by atoms with Crippen molar-refractivity contribution in [3.05, 3.63) is 17.5 Å². The Balaban J connectivity index is 1.79. The van der Waals surface area contributed by atoms with Gasteiger partial charge in [0.25, 0.3) is 0 Å². The highest BCUT2D eigenvalue weighted by Crippen LogP contribution is 2.42. The molecule has 0 radical (unpaired) electrons. The molecule has 1 aromatic rings. The quantitative estimate of drug-likeness (QED) is 0.829. The Morgan fingerprint density at radius 2 is 1.94 bits per heavy atom. The lowest BCUT2D eigenvalue weighted by atomic mass is 10.2. The van der Waals surface area contributed by atoms with Crippen LogP contribution in [0.3, 0.4) is 0 Å². The van der Waals surface area contributed by atoms with E-state index in [1.165, 1.54) is 0 Å². The molecule has 0 spiro atoms. The first kappa shape index (κ1) is 11.3. The van der Waals surface area contributed by atoms with Crippen LogP contribution in [-0.4, -0.2) is 18.8 Å². The number of nitrogens with zero attached hydrogens (tertiary/aromatic N) is 1. The highest BCUT2D eigenvalue weighted by molar-refractivity contribution is 7.91. The molecular formula is C12H17NO3S. The van der Waals surface area contributed by atoms with Crippen molar-refractivity contribution < 1.29 is 12.9 Å². The van der Waals surface area contributed by atoms with Crippen LogP contribution in [0, 0.1) is 0 Å².